The number of para-hydroxylation sites is 1. The Balaban J connectivity index is 1.21. The van der Waals surface area contributed by atoms with Crippen molar-refractivity contribution in [3.05, 3.63) is 197 Å². The number of benzene rings is 6. The van der Waals surface area contributed by atoms with Crippen LogP contribution in [0.25, 0.3) is 61.8 Å². The predicted molar refractivity (Wildman–Crippen MR) is 207 cm³/mol. The van der Waals surface area contributed by atoms with Crippen LogP contribution in [0.5, 0.6) is 11.5 Å². The summed E-state index contributed by atoms with van der Waals surface area (Å²) in [7, 11) is 0. The van der Waals surface area contributed by atoms with Crippen LogP contribution in [0, 0.1) is 0 Å². The first-order valence-electron chi connectivity index (χ1n) is 17.3. The second-order valence-electron chi connectivity index (χ2n) is 13.4. The van der Waals surface area contributed by atoms with Gasteiger partial charge in [-0.3, -0.25) is 9.55 Å². The number of pyridine rings is 2. The van der Waals surface area contributed by atoms with Crippen LogP contribution in [0.3, 0.4) is 0 Å². The van der Waals surface area contributed by atoms with E-state index in [9.17, 15) is 0 Å². The van der Waals surface area contributed by atoms with E-state index in [1.54, 1.807) is 0 Å². The molecule has 6 aromatic carbocycles. The van der Waals surface area contributed by atoms with Gasteiger partial charge in [0.15, 0.2) is 0 Å². The zero-order chi connectivity index (χ0) is 33.5. The van der Waals surface area contributed by atoms with Crippen molar-refractivity contribution in [1.82, 2.24) is 14.5 Å². The summed E-state index contributed by atoms with van der Waals surface area (Å²) in [6.45, 7) is 0. The van der Waals surface area contributed by atoms with Crippen LogP contribution in [-0.2, 0) is 5.41 Å². The summed E-state index contributed by atoms with van der Waals surface area (Å²) < 4.78 is 9.10. The zero-order valence-corrected chi connectivity index (χ0v) is 27.5. The van der Waals surface area contributed by atoms with Crippen LogP contribution in [-0.4, -0.2) is 14.5 Å². The molecule has 4 heteroatoms. The molecule has 9 aromatic rings. The van der Waals surface area contributed by atoms with Crippen molar-refractivity contribution in [3.8, 4) is 28.4 Å². The molecule has 3 aromatic heterocycles. The number of hydrogen-bond donors (Lipinski definition) is 0. The molecule has 11 rings (SSSR count). The van der Waals surface area contributed by atoms with E-state index in [1.807, 2.05) is 36.7 Å². The highest BCUT2D eigenvalue weighted by atomic mass is 16.5. The molecule has 1 atom stereocenters. The standard InChI is InChI=1S/C47H29N3O/c1-3-12-35-30(10-1)22-24-39-46(35)51-43-16-6-5-14-38(43)47(39)37-13-4-2-11-31(37)18-19-32-20-21-34(29-40(32)47)33-23-25-41-36(28-33)45-42(15-9-27-49-45)50(41)44-17-7-8-26-48-44/h1-29H. The summed E-state index contributed by atoms with van der Waals surface area (Å²) >= 11 is 0. The van der Waals surface area contributed by atoms with E-state index in [4.69, 9.17) is 14.7 Å². The molecule has 0 amide bonds. The van der Waals surface area contributed by atoms with Crippen molar-refractivity contribution in [2.45, 2.75) is 5.41 Å². The Kier molecular flexibility index (Phi) is 5.84. The SMILES string of the molecule is C1=Cc2ccc(-c3ccc4c(c3)c3ncccc3n4-c3ccccn3)cc2C2(c3ccccc31)c1ccccc1Oc1c2ccc2ccccc12. The summed E-state index contributed by atoms with van der Waals surface area (Å²) in [6.07, 6.45) is 8.26. The molecular weight excluding hydrogens is 623 g/mol. The third-order valence-electron chi connectivity index (χ3n) is 10.8. The van der Waals surface area contributed by atoms with E-state index in [-0.39, 0.29) is 0 Å². The van der Waals surface area contributed by atoms with Gasteiger partial charge in [-0.25, -0.2) is 4.98 Å². The number of fused-ring (bicyclic) bond motifs is 13. The number of rotatable bonds is 2. The Bertz CT molecular complexity index is 2900. The van der Waals surface area contributed by atoms with Gasteiger partial charge in [-0.05, 0) is 87.3 Å². The number of nitrogens with zero attached hydrogens (tertiary/aromatic N) is 3. The van der Waals surface area contributed by atoms with Crippen molar-refractivity contribution >= 4 is 44.9 Å². The lowest BCUT2D eigenvalue weighted by molar-refractivity contribution is 0.439. The summed E-state index contributed by atoms with van der Waals surface area (Å²) in [5.41, 5.74) is 11.8. The molecule has 4 heterocycles. The molecular formula is C47H29N3O. The van der Waals surface area contributed by atoms with Crippen molar-refractivity contribution in [2.75, 3.05) is 0 Å². The van der Waals surface area contributed by atoms with Gasteiger partial charge in [0.2, 0.25) is 0 Å². The highest BCUT2D eigenvalue weighted by Crippen LogP contribution is 2.59. The molecule has 4 nitrogen and oxygen atoms in total. The average Bonchev–Trinajstić information content (AvgIpc) is 3.45. The summed E-state index contributed by atoms with van der Waals surface area (Å²) in [5, 5.41) is 3.36. The Hall–Kier alpha value is -6.78. The summed E-state index contributed by atoms with van der Waals surface area (Å²) in [5.74, 6) is 2.67. The van der Waals surface area contributed by atoms with Crippen LogP contribution in [0.2, 0.25) is 0 Å². The van der Waals surface area contributed by atoms with Gasteiger partial charge in [0, 0.05) is 34.3 Å². The molecule has 1 unspecified atom stereocenters. The fourth-order valence-corrected chi connectivity index (χ4v) is 8.61. The first kappa shape index (κ1) is 28.1. The molecule has 238 valence electrons. The van der Waals surface area contributed by atoms with Crippen LogP contribution in [0.4, 0.5) is 0 Å². The third-order valence-corrected chi connectivity index (χ3v) is 10.8. The first-order valence-corrected chi connectivity index (χ1v) is 17.3. The first-order chi connectivity index (χ1) is 25.3. The molecule has 0 N–H and O–H groups in total. The number of aromatic nitrogens is 3. The minimum atomic E-state index is -0.639. The lowest BCUT2D eigenvalue weighted by atomic mass is 9.61. The van der Waals surface area contributed by atoms with E-state index in [0.29, 0.717) is 0 Å². The smallest absolute Gasteiger partial charge is 0.140 e. The van der Waals surface area contributed by atoms with Gasteiger partial charge in [0.05, 0.1) is 22.0 Å². The lowest BCUT2D eigenvalue weighted by Crippen LogP contribution is -2.35. The number of ether oxygens (including phenoxy) is 1. The highest BCUT2D eigenvalue weighted by molar-refractivity contribution is 6.08. The van der Waals surface area contributed by atoms with E-state index in [2.05, 4.69) is 144 Å². The van der Waals surface area contributed by atoms with Gasteiger partial charge in [-0.1, -0.05) is 115 Å². The maximum absolute atomic E-state index is 6.90. The molecule has 0 fully saturated rings. The van der Waals surface area contributed by atoms with E-state index < -0.39 is 5.41 Å². The van der Waals surface area contributed by atoms with Crippen molar-refractivity contribution in [2.24, 2.45) is 0 Å². The molecule has 2 aliphatic rings. The predicted octanol–water partition coefficient (Wildman–Crippen LogP) is 11.4. The molecule has 0 radical (unpaired) electrons. The van der Waals surface area contributed by atoms with Crippen molar-refractivity contribution < 1.29 is 4.74 Å². The Morgan fingerprint density at radius 3 is 2.18 bits per heavy atom. The van der Waals surface area contributed by atoms with E-state index >= 15 is 0 Å². The molecule has 0 saturated heterocycles. The Morgan fingerprint density at radius 1 is 0.490 bits per heavy atom. The molecule has 1 aliphatic carbocycles. The van der Waals surface area contributed by atoms with Crippen LogP contribution in [0.1, 0.15) is 33.4 Å². The average molecular weight is 652 g/mol. The Labute approximate surface area is 294 Å². The van der Waals surface area contributed by atoms with Crippen LogP contribution < -0.4 is 4.74 Å². The quantitative estimate of drug-likeness (QED) is 0.187. The maximum Gasteiger partial charge on any atom is 0.140 e. The van der Waals surface area contributed by atoms with Gasteiger partial charge < -0.3 is 4.74 Å². The maximum atomic E-state index is 6.90. The molecule has 51 heavy (non-hydrogen) atoms. The summed E-state index contributed by atoms with van der Waals surface area (Å²) in [6, 6.07) is 54.3. The van der Waals surface area contributed by atoms with E-state index in [1.165, 1.54) is 22.3 Å². The summed E-state index contributed by atoms with van der Waals surface area (Å²) in [4.78, 5) is 9.57. The van der Waals surface area contributed by atoms with Gasteiger partial charge in [-0.15, -0.1) is 0 Å². The fraction of sp³-hybridized carbons (Fsp3) is 0.0213. The largest absolute Gasteiger partial charge is 0.456 e. The van der Waals surface area contributed by atoms with Gasteiger partial charge in [0.1, 0.15) is 17.3 Å². The second kappa shape index (κ2) is 10.6. The van der Waals surface area contributed by atoms with Gasteiger partial charge >= 0.3 is 0 Å². The fourth-order valence-electron chi connectivity index (χ4n) is 8.61. The molecule has 1 aliphatic heterocycles. The zero-order valence-electron chi connectivity index (χ0n) is 27.5. The van der Waals surface area contributed by atoms with Crippen molar-refractivity contribution in [1.29, 1.82) is 0 Å². The Morgan fingerprint density at radius 2 is 1.25 bits per heavy atom. The molecule has 0 bridgehead atoms. The van der Waals surface area contributed by atoms with Crippen molar-refractivity contribution in [3.63, 3.8) is 0 Å². The van der Waals surface area contributed by atoms with E-state index in [0.717, 1.165) is 72.3 Å². The molecule has 1 spiro atoms. The monoisotopic (exact) mass is 651 g/mol. The number of hydrogen-bond acceptors (Lipinski definition) is 3. The van der Waals surface area contributed by atoms with Crippen LogP contribution in [0.15, 0.2) is 164 Å². The molecule has 0 saturated carbocycles. The normalized spacial score (nSPS) is 15.6. The topological polar surface area (TPSA) is 39.9 Å². The minimum absolute atomic E-state index is 0.639. The third kappa shape index (κ3) is 3.90. The second-order valence-corrected chi connectivity index (χ2v) is 13.4. The van der Waals surface area contributed by atoms with Gasteiger partial charge in [0.25, 0.3) is 0 Å². The lowest BCUT2D eigenvalue weighted by Gasteiger charge is -2.43. The minimum Gasteiger partial charge on any atom is -0.456 e. The van der Waals surface area contributed by atoms with Crippen LogP contribution >= 0.6 is 0 Å². The van der Waals surface area contributed by atoms with Gasteiger partial charge in [-0.2, -0.15) is 0 Å². The highest BCUT2D eigenvalue weighted by Gasteiger charge is 2.48.